The van der Waals surface area contributed by atoms with Crippen LogP contribution in [0.3, 0.4) is 0 Å². The van der Waals surface area contributed by atoms with Crippen LogP contribution in [-0.2, 0) is 19.1 Å². The smallest absolute Gasteiger partial charge is 0.422 e. The van der Waals surface area contributed by atoms with Gasteiger partial charge in [0, 0.05) is 12.8 Å². The molecule has 0 aliphatic rings. The van der Waals surface area contributed by atoms with Gasteiger partial charge in [0.1, 0.15) is 0 Å². The molecule has 0 fully saturated rings. The SMILES string of the molecule is CCCCCCCCCCCCCCCCCCOC(=O)CCCC(=O)OCC(F)(F)F. The average molecular weight is 467 g/mol. The molecule has 0 amide bonds. The highest BCUT2D eigenvalue weighted by atomic mass is 19.4. The Morgan fingerprint density at radius 2 is 0.938 bits per heavy atom. The number of esters is 2. The molecule has 0 aromatic carbocycles. The van der Waals surface area contributed by atoms with Crippen molar-refractivity contribution in [3.63, 3.8) is 0 Å². The van der Waals surface area contributed by atoms with Crippen molar-refractivity contribution < 1.29 is 32.2 Å². The van der Waals surface area contributed by atoms with Gasteiger partial charge in [-0.3, -0.25) is 9.59 Å². The number of carbonyl (C=O) groups is 2. The number of rotatable bonds is 22. The molecule has 0 aliphatic carbocycles. The molecule has 0 radical (unpaired) electrons. The summed E-state index contributed by atoms with van der Waals surface area (Å²) in [7, 11) is 0. The zero-order valence-electron chi connectivity index (χ0n) is 20.1. The lowest BCUT2D eigenvalue weighted by Gasteiger charge is -2.08. The van der Waals surface area contributed by atoms with Gasteiger partial charge < -0.3 is 9.47 Å². The van der Waals surface area contributed by atoms with Crippen LogP contribution in [0.25, 0.3) is 0 Å². The highest BCUT2D eigenvalue weighted by Crippen LogP contribution is 2.15. The van der Waals surface area contributed by atoms with Crippen molar-refractivity contribution in [2.45, 2.75) is 135 Å². The highest BCUT2D eigenvalue weighted by molar-refractivity contribution is 5.72. The third-order valence-corrected chi connectivity index (χ3v) is 5.42. The van der Waals surface area contributed by atoms with Crippen LogP contribution in [-0.4, -0.2) is 31.3 Å². The van der Waals surface area contributed by atoms with Crippen molar-refractivity contribution in [2.24, 2.45) is 0 Å². The van der Waals surface area contributed by atoms with Gasteiger partial charge in [0.2, 0.25) is 0 Å². The molecule has 0 rings (SSSR count). The normalized spacial score (nSPS) is 11.5. The van der Waals surface area contributed by atoms with E-state index in [9.17, 15) is 22.8 Å². The van der Waals surface area contributed by atoms with Gasteiger partial charge in [-0.1, -0.05) is 103 Å². The zero-order chi connectivity index (χ0) is 23.9. The summed E-state index contributed by atoms with van der Waals surface area (Å²) in [4.78, 5) is 22.7. The summed E-state index contributed by atoms with van der Waals surface area (Å²) in [6.07, 6.45) is 15.9. The number of alkyl halides is 3. The molecule has 0 spiro atoms. The van der Waals surface area contributed by atoms with E-state index in [2.05, 4.69) is 11.7 Å². The van der Waals surface area contributed by atoms with E-state index >= 15 is 0 Å². The Hall–Kier alpha value is -1.27. The van der Waals surface area contributed by atoms with E-state index in [0.29, 0.717) is 6.61 Å². The molecule has 0 atom stereocenters. The first-order valence-corrected chi connectivity index (χ1v) is 12.7. The summed E-state index contributed by atoms with van der Waals surface area (Å²) >= 11 is 0. The monoisotopic (exact) mass is 466 g/mol. The highest BCUT2D eigenvalue weighted by Gasteiger charge is 2.29. The van der Waals surface area contributed by atoms with Crippen molar-refractivity contribution in [1.29, 1.82) is 0 Å². The lowest BCUT2D eigenvalue weighted by molar-refractivity contribution is -0.186. The Balaban J connectivity index is 3.26. The predicted molar refractivity (Wildman–Crippen MR) is 121 cm³/mol. The van der Waals surface area contributed by atoms with E-state index in [0.717, 1.165) is 19.3 Å². The van der Waals surface area contributed by atoms with Gasteiger partial charge in [-0.2, -0.15) is 13.2 Å². The second-order valence-electron chi connectivity index (χ2n) is 8.65. The summed E-state index contributed by atoms with van der Waals surface area (Å²) in [5.41, 5.74) is 0. The van der Waals surface area contributed by atoms with Crippen LogP contribution in [0.4, 0.5) is 13.2 Å². The first-order chi connectivity index (χ1) is 15.3. The van der Waals surface area contributed by atoms with Gasteiger partial charge in [-0.05, 0) is 12.8 Å². The largest absolute Gasteiger partial charge is 0.466 e. The molecule has 0 aliphatic heterocycles. The number of hydrogen-bond acceptors (Lipinski definition) is 4. The second kappa shape index (κ2) is 21.6. The zero-order valence-corrected chi connectivity index (χ0v) is 20.1. The minimum absolute atomic E-state index is 0.0139. The average Bonchev–Trinajstić information content (AvgIpc) is 2.74. The molecule has 0 N–H and O–H groups in total. The van der Waals surface area contributed by atoms with E-state index in [1.54, 1.807) is 0 Å². The van der Waals surface area contributed by atoms with Gasteiger partial charge in [-0.15, -0.1) is 0 Å². The Bertz CT molecular complexity index is 453. The van der Waals surface area contributed by atoms with Crippen LogP contribution < -0.4 is 0 Å². The van der Waals surface area contributed by atoms with Crippen molar-refractivity contribution >= 4 is 11.9 Å². The Kier molecular flexibility index (Phi) is 20.7. The number of unbranched alkanes of at least 4 members (excludes halogenated alkanes) is 15. The minimum atomic E-state index is -4.53. The van der Waals surface area contributed by atoms with E-state index in [1.165, 1.54) is 83.5 Å². The number of halogens is 3. The third kappa shape index (κ3) is 25.0. The molecular weight excluding hydrogens is 421 g/mol. The summed E-state index contributed by atoms with van der Waals surface area (Å²) in [5, 5.41) is 0. The quantitative estimate of drug-likeness (QED) is 0.120. The molecule has 32 heavy (non-hydrogen) atoms. The molecule has 0 bridgehead atoms. The van der Waals surface area contributed by atoms with Crippen molar-refractivity contribution in [1.82, 2.24) is 0 Å². The summed E-state index contributed by atoms with van der Waals surface area (Å²) in [6, 6.07) is 0. The van der Waals surface area contributed by atoms with Gasteiger partial charge >= 0.3 is 18.1 Å². The number of carbonyl (C=O) groups excluding carboxylic acids is 2. The van der Waals surface area contributed by atoms with Gasteiger partial charge in [0.15, 0.2) is 6.61 Å². The van der Waals surface area contributed by atoms with Crippen LogP contribution in [0.15, 0.2) is 0 Å². The predicted octanol–water partition coefficient (Wildman–Crippen LogP) is 8.07. The lowest BCUT2D eigenvalue weighted by Crippen LogP contribution is -2.20. The van der Waals surface area contributed by atoms with Gasteiger partial charge in [0.05, 0.1) is 6.61 Å². The summed E-state index contributed by atoms with van der Waals surface area (Å²) < 4.78 is 44.9. The van der Waals surface area contributed by atoms with Crippen molar-refractivity contribution in [3.05, 3.63) is 0 Å². The van der Waals surface area contributed by atoms with Crippen molar-refractivity contribution in [2.75, 3.05) is 13.2 Å². The minimum Gasteiger partial charge on any atom is -0.466 e. The molecule has 0 saturated heterocycles. The van der Waals surface area contributed by atoms with Crippen LogP contribution in [0, 0.1) is 0 Å². The Labute approximate surface area is 193 Å². The molecular formula is C25H45F3O4. The van der Waals surface area contributed by atoms with Crippen LogP contribution in [0.5, 0.6) is 0 Å². The molecule has 0 saturated carbocycles. The molecule has 0 aromatic rings. The van der Waals surface area contributed by atoms with E-state index in [1.807, 2.05) is 0 Å². The summed E-state index contributed by atoms with van der Waals surface area (Å²) in [6.45, 7) is 1.02. The standard InChI is InChI=1S/C25H45F3O4/c1-2-3-4-5-6-7-8-9-10-11-12-13-14-15-16-17-21-31-23(29)19-18-20-24(30)32-22-25(26,27)28/h2-22H2,1H3. The van der Waals surface area contributed by atoms with Crippen LogP contribution in [0.1, 0.15) is 129 Å². The molecule has 4 nitrogen and oxygen atoms in total. The summed E-state index contributed by atoms with van der Waals surface area (Å²) in [5.74, 6) is -1.37. The first-order valence-electron chi connectivity index (χ1n) is 12.7. The maximum Gasteiger partial charge on any atom is 0.422 e. The first kappa shape index (κ1) is 30.7. The molecule has 0 heterocycles. The molecule has 0 aromatic heterocycles. The third-order valence-electron chi connectivity index (χ3n) is 5.42. The Morgan fingerprint density at radius 1 is 0.562 bits per heavy atom. The van der Waals surface area contributed by atoms with Gasteiger partial charge in [0.25, 0.3) is 0 Å². The topological polar surface area (TPSA) is 52.6 Å². The fourth-order valence-corrected chi connectivity index (χ4v) is 3.52. The number of hydrogen-bond donors (Lipinski definition) is 0. The van der Waals surface area contributed by atoms with Crippen LogP contribution >= 0.6 is 0 Å². The van der Waals surface area contributed by atoms with E-state index < -0.39 is 24.7 Å². The molecule has 0 unspecified atom stereocenters. The van der Waals surface area contributed by atoms with E-state index in [-0.39, 0.29) is 19.3 Å². The van der Waals surface area contributed by atoms with Crippen molar-refractivity contribution in [3.8, 4) is 0 Å². The van der Waals surface area contributed by atoms with E-state index in [4.69, 9.17) is 4.74 Å². The fraction of sp³-hybridized carbons (Fsp3) is 0.920. The van der Waals surface area contributed by atoms with Gasteiger partial charge in [-0.25, -0.2) is 0 Å². The lowest BCUT2D eigenvalue weighted by atomic mass is 10.0. The second-order valence-corrected chi connectivity index (χ2v) is 8.65. The maximum absolute atomic E-state index is 11.9. The maximum atomic E-state index is 11.9. The Morgan fingerprint density at radius 3 is 1.34 bits per heavy atom. The molecule has 190 valence electrons. The molecule has 7 heteroatoms. The number of ether oxygens (including phenoxy) is 2. The van der Waals surface area contributed by atoms with Crippen LogP contribution in [0.2, 0.25) is 0 Å². The fourth-order valence-electron chi connectivity index (χ4n) is 3.52.